The van der Waals surface area contributed by atoms with Crippen molar-refractivity contribution in [2.24, 2.45) is 0 Å². The summed E-state index contributed by atoms with van der Waals surface area (Å²) >= 11 is 0. The van der Waals surface area contributed by atoms with Crippen molar-refractivity contribution in [1.82, 2.24) is 14.7 Å². The van der Waals surface area contributed by atoms with Gasteiger partial charge in [-0.15, -0.1) is 0 Å². The SMILES string of the molecule is c1ccc(CN2CCC(N3CCC(N4CCc5ccccc5C4)CC3)CC2)cc1. The lowest BCUT2D eigenvalue weighted by Crippen LogP contribution is -2.51. The van der Waals surface area contributed by atoms with Gasteiger partial charge in [0.05, 0.1) is 0 Å². The molecule has 154 valence electrons. The smallest absolute Gasteiger partial charge is 0.0239 e. The molecule has 0 saturated carbocycles. The van der Waals surface area contributed by atoms with Gasteiger partial charge in [0, 0.05) is 31.7 Å². The number of rotatable bonds is 4. The normalized spacial score (nSPS) is 23.2. The van der Waals surface area contributed by atoms with E-state index in [1.54, 1.807) is 11.1 Å². The first kappa shape index (κ1) is 19.3. The highest BCUT2D eigenvalue weighted by molar-refractivity contribution is 5.29. The van der Waals surface area contributed by atoms with Crippen LogP contribution in [0.4, 0.5) is 0 Å². The van der Waals surface area contributed by atoms with Crippen LogP contribution in [-0.2, 0) is 19.5 Å². The molecule has 0 aromatic heterocycles. The minimum Gasteiger partial charge on any atom is -0.300 e. The maximum absolute atomic E-state index is 2.81. The molecular weight excluding hydrogens is 354 g/mol. The van der Waals surface area contributed by atoms with Crippen molar-refractivity contribution in [1.29, 1.82) is 0 Å². The van der Waals surface area contributed by atoms with Crippen molar-refractivity contribution >= 4 is 0 Å². The van der Waals surface area contributed by atoms with E-state index in [9.17, 15) is 0 Å². The number of nitrogens with zero attached hydrogens (tertiary/aromatic N) is 3. The standard InChI is InChI=1S/C26H35N3/c1-2-6-22(7-3-1)20-27-15-11-25(12-16-27)28-18-13-26(14-19-28)29-17-10-23-8-4-5-9-24(23)21-29/h1-9,25-26H,10-21H2. The van der Waals surface area contributed by atoms with Crippen molar-refractivity contribution in [2.45, 2.75) is 57.3 Å². The Hall–Kier alpha value is -1.68. The molecule has 2 aromatic rings. The Bertz CT molecular complexity index is 774. The fourth-order valence-corrected chi connectivity index (χ4v) is 5.73. The van der Waals surface area contributed by atoms with E-state index in [4.69, 9.17) is 0 Å². The first-order valence-corrected chi connectivity index (χ1v) is 11.7. The molecule has 0 amide bonds. The second-order valence-electron chi connectivity index (χ2n) is 9.25. The molecule has 3 aliphatic rings. The minimum absolute atomic E-state index is 0.790. The zero-order valence-corrected chi connectivity index (χ0v) is 17.7. The summed E-state index contributed by atoms with van der Waals surface area (Å²) in [4.78, 5) is 8.22. The van der Waals surface area contributed by atoms with E-state index in [0.29, 0.717) is 0 Å². The molecule has 5 rings (SSSR count). The number of hydrogen-bond acceptors (Lipinski definition) is 3. The van der Waals surface area contributed by atoms with Crippen LogP contribution in [0.5, 0.6) is 0 Å². The summed E-state index contributed by atoms with van der Waals surface area (Å²) in [6.07, 6.45) is 6.62. The first-order valence-electron chi connectivity index (χ1n) is 11.7. The summed E-state index contributed by atoms with van der Waals surface area (Å²) in [5, 5.41) is 0. The van der Waals surface area contributed by atoms with Crippen LogP contribution in [-0.4, -0.2) is 59.5 Å². The molecule has 3 aliphatic heterocycles. The highest BCUT2D eigenvalue weighted by atomic mass is 15.2. The van der Waals surface area contributed by atoms with Crippen LogP contribution in [0.1, 0.15) is 42.4 Å². The molecule has 2 aromatic carbocycles. The number of likely N-dealkylation sites (tertiary alicyclic amines) is 2. The molecule has 0 aliphatic carbocycles. The molecule has 0 bridgehead atoms. The third-order valence-electron chi connectivity index (χ3n) is 7.50. The van der Waals surface area contributed by atoms with Gasteiger partial charge in [-0.2, -0.15) is 0 Å². The number of benzene rings is 2. The van der Waals surface area contributed by atoms with Gasteiger partial charge in [0.1, 0.15) is 0 Å². The number of hydrogen-bond donors (Lipinski definition) is 0. The van der Waals surface area contributed by atoms with E-state index in [2.05, 4.69) is 69.3 Å². The largest absolute Gasteiger partial charge is 0.300 e. The summed E-state index contributed by atoms with van der Waals surface area (Å²) in [6, 6.07) is 21.6. The van der Waals surface area contributed by atoms with Crippen molar-refractivity contribution in [3.8, 4) is 0 Å². The van der Waals surface area contributed by atoms with E-state index in [-0.39, 0.29) is 0 Å². The van der Waals surface area contributed by atoms with Gasteiger partial charge in [-0.05, 0) is 75.0 Å². The Morgan fingerprint density at radius 1 is 0.621 bits per heavy atom. The highest BCUT2D eigenvalue weighted by Gasteiger charge is 2.31. The van der Waals surface area contributed by atoms with Crippen LogP contribution < -0.4 is 0 Å². The lowest BCUT2D eigenvalue weighted by molar-refractivity contribution is 0.0490. The van der Waals surface area contributed by atoms with Crippen LogP contribution >= 0.6 is 0 Å². The fourth-order valence-electron chi connectivity index (χ4n) is 5.73. The third kappa shape index (κ3) is 4.58. The van der Waals surface area contributed by atoms with Crippen LogP contribution in [0.15, 0.2) is 54.6 Å². The summed E-state index contributed by atoms with van der Waals surface area (Å²) < 4.78 is 0. The zero-order valence-electron chi connectivity index (χ0n) is 17.7. The minimum atomic E-state index is 0.790. The summed E-state index contributed by atoms with van der Waals surface area (Å²) in [5.74, 6) is 0. The van der Waals surface area contributed by atoms with Crippen LogP contribution in [0, 0.1) is 0 Å². The predicted molar refractivity (Wildman–Crippen MR) is 120 cm³/mol. The van der Waals surface area contributed by atoms with Gasteiger partial charge in [-0.3, -0.25) is 9.80 Å². The molecule has 29 heavy (non-hydrogen) atoms. The Labute approximate surface area is 176 Å². The number of piperidine rings is 2. The quantitative estimate of drug-likeness (QED) is 0.777. The van der Waals surface area contributed by atoms with Gasteiger partial charge in [0.2, 0.25) is 0 Å². The molecule has 0 atom stereocenters. The molecular formula is C26H35N3. The predicted octanol–water partition coefficient (Wildman–Crippen LogP) is 4.17. The van der Waals surface area contributed by atoms with Gasteiger partial charge in [0.15, 0.2) is 0 Å². The van der Waals surface area contributed by atoms with E-state index in [1.165, 1.54) is 76.9 Å². The van der Waals surface area contributed by atoms with E-state index in [1.807, 2.05) is 0 Å². The van der Waals surface area contributed by atoms with Crippen molar-refractivity contribution < 1.29 is 0 Å². The molecule has 3 heteroatoms. The Kier molecular flexibility index (Phi) is 5.98. The van der Waals surface area contributed by atoms with Crippen molar-refractivity contribution in [3.63, 3.8) is 0 Å². The van der Waals surface area contributed by atoms with Gasteiger partial charge in [-0.1, -0.05) is 54.6 Å². The van der Waals surface area contributed by atoms with Crippen LogP contribution in [0.3, 0.4) is 0 Å². The van der Waals surface area contributed by atoms with Crippen molar-refractivity contribution in [3.05, 3.63) is 71.3 Å². The topological polar surface area (TPSA) is 9.72 Å². The number of fused-ring (bicyclic) bond motifs is 1. The van der Waals surface area contributed by atoms with Crippen LogP contribution in [0.25, 0.3) is 0 Å². The summed E-state index contributed by atoms with van der Waals surface area (Å²) in [6.45, 7) is 8.63. The van der Waals surface area contributed by atoms with E-state index < -0.39 is 0 Å². The first-order chi connectivity index (χ1) is 14.3. The molecule has 2 fully saturated rings. The Balaban J connectivity index is 1.08. The van der Waals surface area contributed by atoms with Gasteiger partial charge in [0.25, 0.3) is 0 Å². The summed E-state index contributed by atoms with van der Waals surface area (Å²) in [7, 11) is 0. The maximum atomic E-state index is 2.81. The second kappa shape index (κ2) is 8.99. The third-order valence-corrected chi connectivity index (χ3v) is 7.50. The average molecular weight is 390 g/mol. The summed E-state index contributed by atoms with van der Waals surface area (Å²) in [5.41, 5.74) is 4.59. The average Bonchev–Trinajstić information content (AvgIpc) is 2.80. The molecule has 2 saturated heterocycles. The van der Waals surface area contributed by atoms with Gasteiger partial charge >= 0.3 is 0 Å². The molecule has 0 radical (unpaired) electrons. The molecule has 0 unspecified atom stereocenters. The highest BCUT2D eigenvalue weighted by Crippen LogP contribution is 2.27. The molecule has 0 N–H and O–H groups in total. The Morgan fingerprint density at radius 2 is 1.24 bits per heavy atom. The van der Waals surface area contributed by atoms with E-state index in [0.717, 1.165) is 18.6 Å². The molecule has 3 heterocycles. The fraction of sp³-hybridized carbons (Fsp3) is 0.538. The zero-order chi connectivity index (χ0) is 19.5. The van der Waals surface area contributed by atoms with Gasteiger partial charge < -0.3 is 4.90 Å². The van der Waals surface area contributed by atoms with Crippen molar-refractivity contribution in [2.75, 3.05) is 32.7 Å². The van der Waals surface area contributed by atoms with E-state index >= 15 is 0 Å². The second-order valence-corrected chi connectivity index (χ2v) is 9.25. The van der Waals surface area contributed by atoms with Crippen LogP contribution in [0.2, 0.25) is 0 Å². The molecule has 0 spiro atoms. The maximum Gasteiger partial charge on any atom is 0.0239 e. The Morgan fingerprint density at radius 3 is 2.00 bits per heavy atom. The lowest BCUT2D eigenvalue weighted by Gasteiger charge is -2.45. The lowest BCUT2D eigenvalue weighted by atomic mass is 9.93. The van der Waals surface area contributed by atoms with Gasteiger partial charge in [-0.25, -0.2) is 0 Å². The molecule has 3 nitrogen and oxygen atoms in total. The monoisotopic (exact) mass is 389 g/mol.